The largest absolute Gasteiger partial charge is 0.463 e. The van der Waals surface area contributed by atoms with E-state index >= 15 is 0 Å². The number of methoxy groups -OCH3 is 1. The lowest BCUT2D eigenvalue weighted by molar-refractivity contribution is -0.385. The summed E-state index contributed by atoms with van der Waals surface area (Å²) in [5.74, 6) is -2.24. The number of nitrogens with zero attached hydrogens (tertiary/aromatic N) is 1. The number of nitro benzene ring substituents is 1. The van der Waals surface area contributed by atoms with Crippen LogP contribution in [0.15, 0.2) is 24.3 Å². The van der Waals surface area contributed by atoms with E-state index in [1.807, 2.05) is 0 Å². The minimum atomic E-state index is -0.888. The average Bonchev–Trinajstić information content (AvgIpc) is 3.17. The Morgan fingerprint density at radius 1 is 1.39 bits per heavy atom. The molecule has 0 bridgehead atoms. The standard InChI is InChI=1S/C12H11NO5/c1-18-12(15)11(14)9-6-8(9)7-4-2-3-5-10(7)13(16)17/h2-5,8-9H,6H2,1H3/t8-,9?/m0/s1. The molecule has 0 aliphatic heterocycles. The van der Waals surface area contributed by atoms with E-state index in [1.165, 1.54) is 6.07 Å². The molecule has 6 heteroatoms. The minimum Gasteiger partial charge on any atom is -0.463 e. The Balaban J connectivity index is 2.19. The number of ether oxygens (including phenoxy) is 1. The van der Waals surface area contributed by atoms with Gasteiger partial charge in [-0.05, 0) is 6.42 Å². The normalized spacial score (nSPS) is 21.2. The lowest BCUT2D eigenvalue weighted by Gasteiger charge is -2.01. The van der Waals surface area contributed by atoms with Crippen molar-refractivity contribution in [2.45, 2.75) is 12.3 Å². The van der Waals surface area contributed by atoms with Crippen molar-refractivity contribution in [1.29, 1.82) is 0 Å². The monoisotopic (exact) mass is 249 g/mol. The molecule has 94 valence electrons. The van der Waals surface area contributed by atoms with Crippen LogP contribution >= 0.6 is 0 Å². The molecule has 0 N–H and O–H groups in total. The second-order valence-electron chi connectivity index (χ2n) is 4.12. The number of ketones is 1. The number of esters is 1. The van der Waals surface area contributed by atoms with Crippen molar-refractivity contribution in [1.82, 2.24) is 0 Å². The van der Waals surface area contributed by atoms with Crippen molar-refractivity contribution < 1.29 is 19.2 Å². The maximum atomic E-state index is 11.6. The molecule has 18 heavy (non-hydrogen) atoms. The fourth-order valence-electron chi connectivity index (χ4n) is 2.05. The third-order valence-electron chi connectivity index (χ3n) is 3.05. The van der Waals surface area contributed by atoms with Crippen molar-refractivity contribution in [3.05, 3.63) is 39.9 Å². The van der Waals surface area contributed by atoms with Crippen molar-refractivity contribution in [2.24, 2.45) is 5.92 Å². The number of hydrogen-bond donors (Lipinski definition) is 0. The highest BCUT2D eigenvalue weighted by Gasteiger charge is 2.49. The third-order valence-corrected chi connectivity index (χ3v) is 3.05. The second-order valence-corrected chi connectivity index (χ2v) is 4.12. The first-order valence-corrected chi connectivity index (χ1v) is 5.41. The summed E-state index contributed by atoms with van der Waals surface area (Å²) >= 11 is 0. The topological polar surface area (TPSA) is 86.5 Å². The summed E-state index contributed by atoms with van der Waals surface area (Å²) in [7, 11) is 1.14. The zero-order chi connectivity index (χ0) is 13.3. The Bertz CT molecular complexity index is 525. The number of carbonyl (C=O) groups excluding carboxylic acids is 2. The van der Waals surface area contributed by atoms with E-state index in [1.54, 1.807) is 18.2 Å². The molecule has 1 aromatic carbocycles. The molecule has 1 fully saturated rings. The first-order chi connectivity index (χ1) is 8.56. The summed E-state index contributed by atoms with van der Waals surface area (Å²) in [4.78, 5) is 33.0. The van der Waals surface area contributed by atoms with Crippen LogP contribution in [0.3, 0.4) is 0 Å². The number of hydrogen-bond acceptors (Lipinski definition) is 5. The van der Waals surface area contributed by atoms with Gasteiger partial charge in [-0.2, -0.15) is 0 Å². The van der Waals surface area contributed by atoms with Gasteiger partial charge in [-0.15, -0.1) is 0 Å². The van der Waals surface area contributed by atoms with Crippen LogP contribution in [0.2, 0.25) is 0 Å². The minimum absolute atomic E-state index is 0.0114. The number of Topliss-reactive ketones (excluding diaryl/α,β-unsaturated/α-hetero) is 1. The molecule has 6 nitrogen and oxygen atoms in total. The number of benzene rings is 1. The van der Waals surface area contributed by atoms with Gasteiger partial charge in [-0.1, -0.05) is 18.2 Å². The van der Waals surface area contributed by atoms with Gasteiger partial charge in [0.2, 0.25) is 5.78 Å². The zero-order valence-corrected chi connectivity index (χ0v) is 9.66. The maximum Gasteiger partial charge on any atom is 0.374 e. The molecule has 0 spiro atoms. The van der Waals surface area contributed by atoms with Crippen LogP contribution in [-0.2, 0) is 14.3 Å². The summed E-state index contributed by atoms with van der Waals surface area (Å²) in [6.45, 7) is 0. The summed E-state index contributed by atoms with van der Waals surface area (Å²) < 4.78 is 4.35. The van der Waals surface area contributed by atoms with Crippen LogP contribution in [0.1, 0.15) is 17.9 Å². The van der Waals surface area contributed by atoms with Crippen molar-refractivity contribution >= 4 is 17.4 Å². The fraction of sp³-hybridized carbons (Fsp3) is 0.333. The maximum absolute atomic E-state index is 11.6. The van der Waals surface area contributed by atoms with Gasteiger partial charge >= 0.3 is 5.97 Å². The molecule has 1 aliphatic rings. The van der Waals surface area contributed by atoms with Crippen LogP contribution in [0.25, 0.3) is 0 Å². The summed E-state index contributed by atoms with van der Waals surface area (Å²) in [5.41, 5.74) is 0.493. The fourth-order valence-corrected chi connectivity index (χ4v) is 2.05. The highest BCUT2D eigenvalue weighted by molar-refractivity contribution is 6.35. The number of carbonyl (C=O) groups is 2. The molecule has 1 saturated carbocycles. The lowest BCUT2D eigenvalue weighted by atomic mass is 10.1. The molecule has 2 rings (SSSR count). The second kappa shape index (κ2) is 4.56. The molecule has 0 saturated heterocycles. The van der Waals surface area contributed by atoms with E-state index < -0.39 is 22.6 Å². The molecule has 0 heterocycles. The first-order valence-electron chi connectivity index (χ1n) is 5.41. The van der Waals surface area contributed by atoms with Gasteiger partial charge in [0.1, 0.15) is 0 Å². The molecular weight excluding hydrogens is 238 g/mol. The molecule has 1 unspecified atom stereocenters. The van der Waals surface area contributed by atoms with Gasteiger partial charge in [0.05, 0.1) is 12.0 Å². The Morgan fingerprint density at radius 3 is 2.67 bits per heavy atom. The molecule has 0 amide bonds. The van der Waals surface area contributed by atoms with E-state index in [0.29, 0.717) is 12.0 Å². The van der Waals surface area contributed by atoms with Crippen LogP contribution in [0, 0.1) is 16.0 Å². The van der Waals surface area contributed by atoms with Gasteiger partial charge in [0, 0.05) is 23.5 Å². The van der Waals surface area contributed by atoms with Crippen molar-refractivity contribution in [2.75, 3.05) is 7.11 Å². The number of para-hydroxylation sites is 1. The average molecular weight is 249 g/mol. The zero-order valence-electron chi connectivity index (χ0n) is 9.66. The van der Waals surface area contributed by atoms with E-state index in [0.717, 1.165) is 7.11 Å². The number of rotatable bonds is 4. The molecule has 2 atom stereocenters. The van der Waals surface area contributed by atoms with Gasteiger partial charge in [0.15, 0.2) is 0 Å². The van der Waals surface area contributed by atoms with E-state index in [9.17, 15) is 19.7 Å². The van der Waals surface area contributed by atoms with Crippen LogP contribution in [0.4, 0.5) is 5.69 Å². The van der Waals surface area contributed by atoms with Gasteiger partial charge < -0.3 is 4.74 Å². The van der Waals surface area contributed by atoms with Crippen molar-refractivity contribution in [3.63, 3.8) is 0 Å². The predicted molar refractivity (Wildman–Crippen MR) is 61.0 cm³/mol. The molecule has 0 radical (unpaired) electrons. The van der Waals surface area contributed by atoms with E-state index in [2.05, 4.69) is 4.74 Å². The van der Waals surface area contributed by atoms with E-state index in [-0.39, 0.29) is 11.6 Å². The predicted octanol–water partition coefficient (Wildman–Crippen LogP) is 1.44. The molecule has 1 aliphatic carbocycles. The number of nitro groups is 1. The summed E-state index contributed by atoms with van der Waals surface area (Å²) in [6, 6.07) is 6.27. The van der Waals surface area contributed by atoms with Gasteiger partial charge in [-0.25, -0.2) is 4.79 Å². The summed E-state index contributed by atoms with van der Waals surface area (Å²) in [5, 5.41) is 10.8. The first kappa shape index (κ1) is 12.2. The van der Waals surface area contributed by atoms with Crippen LogP contribution in [0.5, 0.6) is 0 Å². The van der Waals surface area contributed by atoms with Crippen LogP contribution < -0.4 is 0 Å². The lowest BCUT2D eigenvalue weighted by Crippen LogP contribution is -2.18. The summed E-state index contributed by atoms with van der Waals surface area (Å²) in [6.07, 6.45) is 0.457. The molecule has 1 aromatic rings. The smallest absolute Gasteiger partial charge is 0.374 e. The Hall–Kier alpha value is -2.24. The van der Waals surface area contributed by atoms with E-state index in [4.69, 9.17) is 0 Å². The third kappa shape index (κ3) is 2.09. The Kier molecular flexibility index (Phi) is 3.10. The van der Waals surface area contributed by atoms with Gasteiger partial charge in [0.25, 0.3) is 5.69 Å². The Labute approximate surface area is 103 Å². The quantitative estimate of drug-likeness (QED) is 0.349. The highest BCUT2D eigenvalue weighted by Crippen LogP contribution is 2.50. The molecule has 0 aromatic heterocycles. The molecular formula is C12H11NO5. The van der Waals surface area contributed by atoms with Gasteiger partial charge in [-0.3, -0.25) is 14.9 Å². The highest BCUT2D eigenvalue weighted by atomic mass is 16.6. The SMILES string of the molecule is COC(=O)C(=O)C1C[C@H]1c1ccccc1[N+](=O)[O-]. The van der Waals surface area contributed by atoms with Crippen molar-refractivity contribution in [3.8, 4) is 0 Å². The Morgan fingerprint density at radius 2 is 2.06 bits per heavy atom. The van der Waals surface area contributed by atoms with Crippen LogP contribution in [-0.4, -0.2) is 23.8 Å².